The predicted octanol–water partition coefficient (Wildman–Crippen LogP) is 0.546. The average Bonchev–Trinajstić information content (AvgIpc) is 2.90. The van der Waals surface area contributed by atoms with Crippen molar-refractivity contribution >= 4 is 0 Å². The number of rotatable bonds is 3. The van der Waals surface area contributed by atoms with Crippen molar-refractivity contribution in [1.29, 1.82) is 0 Å². The van der Waals surface area contributed by atoms with Gasteiger partial charge < -0.3 is 19.1 Å². The van der Waals surface area contributed by atoms with Gasteiger partial charge in [-0.1, -0.05) is 6.92 Å². The van der Waals surface area contributed by atoms with Gasteiger partial charge in [-0.15, -0.1) is 0 Å². The summed E-state index contributed by atoms with van der Waals surface area (Å²) in [6.07, 6.45) is 2.36. The third-order valence-electron chi connectivity index (χ3n) is 4.56. The summed E-state index contributed by atoms with van der Waals surface area (Å²) in [5.74, 6) is -0.251. The summed E-state index contributed by atoms with van der Waals surface area (Å²) in [7, 11) is 0. The number of nitrogens with zero attached hydrogens (tertiary/aromatic N) is 2. The molecule has 19 heavy (non-hydrogen) atoms. The van der Waals surface area contributed by atoms with Crippen LogP contribution in [0.25, 0.3) is 0 Å². The number of ether oxygens (including phenoxy) is 3. The second kappa shape index (κ2) is 6.06. The Morgan fingerprint density at radius 3 is 2.42 bits per heavy atom. The number of likely N-dealkylation sites (N-methyl/N-ethyl adjacent to an activating group) is 1. The molecule has 0 aromatic rings. The zero-order chi connectivity index (χ0) is 13.1. The molecular formula is C14H26N2O3. The Morgan fingerprint density at radius 2 is 1.74 bits per heavy atom. The molecule has 5 nitrogen and oxygen atoms in total. The maximum absolute atomic E-state index is 5.88. The normalized spacial score (nSPS) is 33.0. The van der Waals surface area contributed by atoms with E-state index in [0.29, 0.717) is 6.10 Å². The Morgan fingerprint density at radius 1 is 1.00 bits per heavy atom. The van der Waals surface area contributed by atoms with Crippen molar-refractivity contribution < 1.29 is 14.2 Å². The summed E-state index contributed by atoms with van der Waals surface area (Å²) in [6, 6.07) is 0. The number of piperidine rings is 1. The van der Waals surface area contributed by atoms with E-state index in [2.05, 4.69) is 16.7 Å². The highest BCUT2D eigenvalue weighted by atomic mass is 16.7. The van der Waals surface area contributed by atoms with E-state index in [-0.39, 0.29) is 5.79 Å². The second-order valence-corrected chi connectivity index (χ2v) is 5.79. The van der Waals surface area contributed by atoms with Gasteiger partial charge in [0.1, 0.15) is 0 Å². The summed E-state index contributed by atoms with van der Waals surface area (Å²) < 4.78 is 17.4. The van der Waals surface area contributed by atoms with Crippen LogP contribution >= 0.6 is 0 Å². The van der Waals surface area contributed by atoms with Crippen LogP contribution in [0.1, 0.15) is 19.8 Å². The Kier molecular flexibility index (Phi) is 4.39. The number of hydrogen-bond acceptors (Lipinski definition) is 5. The number of hydrogen-bond donors (Lipinski definition) is 0. The molecule has 3 rings (SSSR count). The summed E-state index contributed by atoms with van der Waals surface area (Å²) in [4.78, 5) is 4.98. The summed E-state index contributed by atoms with van der Waals surface area (Å²) in [5, 5.41) is 0. The molecule has 0 saturated carbocycles. The van der Waals surface area contributed by atoms with Crippen molar-refractivity contribution in [1.82, 2.24) is 9.80 Å². The molecule has 0 bridgehead atoms. The van der Waals surface area contributed by atoms with Gasteiger partial charge in [0.25, 0.3) is 0 Å². The van der Waals surface area contributed by atoms with Crippen LogP contribution in [0.15, 0.2) is 0 Å². The van der Waals surface area contributed by atoms with Gasteiger partial charge in [-0.25, -0.2) is 0 Å². The third-order valence-corrected chi connectivity index (χ3v) is 4.56. The smallest absolute Gasteiger partial charge is 0.170 e. The molecule has 110 valence electrons. The lowest BCUT2D eigenvalue weighted by molar-refractivity contribution is -0.187. The van der Waals surface area contributed by atoms with Crippen molar-refractivity contribution in [2.75, 3.05) is 59.1 Å². The lowest BCUT2D eigenvalue weighted by Crippen LogP contribution is -2.51. The SMILES string of the molecule is CCN1CCOC(CN2CCC3(CC2)OCCO3)C1. The van der Waals surface area contributed by atoms with Crippen LogP contribution in [0, 0.1) is 0 Å². The third kappa shape index (κ3) is 3.28. The highest BCUT2D eigenvalue weighted by Crippen LogP contribution is 2.31. The van der Waals surface area contributed by atoms with Gasteiger partial charge in [-0.3, -0.25) is 4.90 Å². The molecule has 1 unspecified atom stereocenters. The summed E-state index contributed by atoms with van der Waals surface area (Å²) >= 11 is 0. The lowest BCUT2D eigenvalue weighted by Gasteiger charge is -2.40. The molecule has 3 saturated heterocycles. The van der Waals surface area contributed by atoms with Crippen LogP contribution < -0.4 is 0 Å². The zero-order valence-electron chi connectivity index (χ0n) is 12.0. The van der Waals surface area contributed by atoms with E-state index in [4.69, 9.17) is 14.2 Å². The summed E-state index contributed by atoms with van der Waals surface area (Å²) in [5.41, 5.74) is 0. The quantitative estimate of drug-likeness (QED) is 0.748. The standard InChI is InChI=1S/C14H26N2O3/c1-2-15-7-8-17-13(11-15)12-16-5-3-14(4-6-16)18-9-10-19-14/h13H,2-12H2,1H3. The molecular weight excluding hydrogens is 244 g/mol. The minimum atomic E-state index is -0.251. The van der Waals surface area contributed by atoms with Crippen molar-refractivity contribution in [2.45, 2.75) is 31.7 Å². The minimum absolute atomic E-state index is 0.251. The van der Waals surface area contributed by atoms with Gasteiger partial charge in [0.05, 0.1) is 25.9 Å². The topological polar surface area (TPSA) is 34.2 Å². The highest BCUT2D eigenvalue weighted by molar-refractivity contribution is 4.84. The van der Waals surface area contributed by atoms with E-state index in [1.807, 2.05) is 0 Å². The fourth-order valence-electron chi connectivity index (χ4n) is 3.33. The molecule has 3 aliphatic rings. The van der Waals surface area contributed by atoms with E-state index in [9.17, 15) is 0 Å². The molecule has 0 radical (unpaired) electrons. The fraction of sp³-hybridized carbons (Fsp3) is 1.00. The van der Waals surface area contributed by atoms with Gasteiger partial charge in [-0.05, 0) is 6.54 Å². The van der Waals surface area contributed by atoms with Crippen molar-refractivity contribution in [3.8, 4) is 0 Å². The molecule has 3 aliphatic heterocycles. The molecule has 0 aromatic heterocycles. The first-order valence-electron chi connectivity index (χ1n) is 7.64. The minimum Gasteiger partial charge on any atom is -0.374 e. The van der Waals surface area contributed by atoms with Crippen LogP contribution in [0.5, 0.6) is 0 Å². The lowest BCUT2D eigenvalue weighted by atomic mass is 10.0. The number of likely N-dealkylation sites (tertiary alicyclic amines) is 1. The first kappa shape index (κ1) is 13.8. The fourth-order valence-corrected chi connectivity index (χ4v) is 3.33. The molecule has 0 amide bonds. The van der Waals surface area contributed by atoms with Crippen LogP contribution in [-0.4, -0.2) is 80.8 Å². The largest absolute Gasteiger partial charge is 0.374 e. The highest BCUT2D eigenvalue weighted by Gasteiger charge is 2.40. The van der Waals surface area contributed by atoms with Gasteiger partial charge in [-0.2, -0.15) is 0 Å². The molecule has 3 heterocycles. The van der Waals surface area contributed by atoms with E-state index < -0.39 is 0 Å². The Labute approximate surface area is 115 Å². The van der Waals surface area contributed by atoms with Crippen LogP contribution in [-0.2, 0) is 14.2 Å². The van der Waals surface area contributed by atoms with Crippen LogP contribution in [0.4, 0.5) is 0 Å². The Balaban J connectivity index is 1.44. The predicted molar refractivity (Wildman–Crippen MR) is 72.2 cm³/mol. The van der Waals surface area contributed by atoms with Crippen LogP contribution in [0.2, 0.25) is 0 Å². The van der Waals surface area contributed by atoms with Gasteiger partial charge in [0.2, 0.25) is 0 Å². The van der Waals surface area contributed by atoms with E-state index in [1.54, 1.807) is 0 Å². The van der Waals surface area contributed by atoms with E-state index in [1.165, 1.54) is 0 Å². The zero-order valence-corrected chi connectivity index (χ0v) is 12.0. The Bertz CT molecular complexity index is 284. The van der Waals surface area contributed by atoms with Crippen molar-refractivity contribution in [3.63, 3.8) is 0 Å². The van der Waals surface area contributed by atoms with Crippen molar-refractivity contribution in [3.05, 3.63) is 0 Å². The summed E-state index contributed by atoms with van der Waals surface area (Å²) in [6.45, 7) is 11.1. The first-order valence-corrected chi connectivity index (χ1v) is 7.64. The molecule has 1 spiro atoms. The molecule has 0 N–H and O–H groups in total. The van der Waals surface area contributed by atoms with Gasteiger partial charge >= 0.3 is 0 Å². The van der Waals surface area contributed by atoms with Crippen LogP contribution in [0.3, 0.4) is 0 Å². The second-order valence-electron chi connectivity index (χ2n) is 5.79. The average molecular weight is 270 g/mol. The molecule has 1 atom stereocenters. The van der Waals surface area contributed by atoms with E-state index >= 15 is 0 Å². The van der Waals surface area contributed by atoms with E-state index in [0.717, 1.165) is 71.9 Å². The molecule has 0 aromatic carbocycles. The van der Waals surface area contributed by atoms with Gasteiger partial charge in [0, 0.05) is 45.6 Å². The maximum Gasteiger partial charge on any atom is 0.170 e. The Hall–Kier alpha value is -0.200. The first-order chi connectivity index (χ1) is 9.30. The molecule has 3 fully saturated rings. The maximum atomic E-state index is 5.88. The van der Waals surface area contributed by atoms with Gasteiger partial charge in [0.15, 0.2) is 5.79 Å². The molecule has 0 aliphatic carbocycles. The monoisotopic (exact) mass is 270 g/mol. The molecule has 5 heteroatoms. The number of morpholine rings is 1. The van der Waals surface area contributed by atoms with Crippen molar-refractivity contribution in [2.24, 2.45) is 0 Å².